The lowest BCUT2D eigenvalue weighted by atomic mass is 9.77. The third kappa shape index (κ3) is 1.74. The zero-order chi connectivity index (χ0) is 19.3. The Morgan fingerprint density at radius 1 is 0.750 bits per heavy atom. The average Bonchev–Trinajstić information content (AvgIpc) is 3.06. The lowest BCUT2D eigenvalue weighted by Crippen LogP contribution is -2.18. The molecule has 136 valence electrons. The standard InChI is InChI=1S/C26H22N2/c1-25(2)19-9-7-13-27-23(19)16-11-12-18-21(22(16)25)17-14-15-8-5-6-10-20(15)28-24(17)26(18,3)4/h5-14H,1-4H3. The minimum Gasteiger partial charge on any atom is -0.256 e. The summed E-state index contributed by atoms with van der Waals surface area (Å²) in [6.07, 6.45) is 1.91. The molecule has 0 unspecified atom stereocenters. The Morgan fingerprint density at radius 3 is 2.43 bits per heavy atom. The fourth-order valence-corrected chi connectivity index (χ4v) is 5.42. The maximum absolute atomic E-state index is 5.13. The molecule has 0 aliphatic heterocycles. The van der Waals surface area contributed by atoms with Gasteiger partial charge < -0.3 is 0 Å². The summed E-state index contributed by atoms with van der Waals surface area (Å²) in [6, 6.07) is 19.7. The number of aromatic nitrogens is 2. The van der Waals surface area contributed by atoms with Gasteiger partial charge in [0.1, 0.15) is 0 Å². The van der Waals surface area contributed by atoms with E-state index in [0.717, 1.165) is 11.2 Å². The van der Waals surface area contributed by atoms with E-state index < -0.39 is 0 Å². The van der Waals surface area contributed by atoms with Crippen molar-refractivity contribution in [3.8, 4) is 22.4 Å². The highest BCUT2D eigenvalue weighted by molar-refractivity contribution is 5.95. The fourth-order valence-electron chi connectivity index (χ4n) is 5.42. The molecular weight excluding hydrogens is 340 g/mol. The highest BCUT2D eigenvalue weighted by Crippen LogP contribution is 2.58. The number of fused-ring (bicyclic) bond motifs is 8. The van der Waals surface area contributed by atoms with E-state index in [1.807, 2.05) is 6.20 Å². The van der Waals surface area contributed by atoms with E-state index in [1.165, 1.54) is 44.5 Å². The van der Waals surface area contributed by atoms with Crippen LogP contribution < -0.4 is 0 Å². The Labute approximate surface area is 165 Å². The fraction of sp³-hybridized carbons (Fsp3) is 0.231. The Kier molecular flexibility index (Phi) is 2.79. The van der Waals surface area contributed by atoms with E-state index in [9.17, 15) is 0 Å². The summed E-state index contributed by atoms with van der Waals surface area (Å²) in [6.45, 7) is 9.27. The second kappa shape index (κ2) is 4.88. The molecule has 0 radical (unpaired) electrons. The van der Waals surface area contributed by atoms with Crippen LogP contribution in [0.4, 0.5) is 0 Å². The van der Waals surface area contributed by atoms with Gasteiger partial charge in [-0.25, -0.2) is 0 Å². The quantitative estimate of drug-likeness (QED) is 0.370. The van der Waals surface area contributed by atoms with Gasteiger partial charge in [0, 0.05) is 33.5 Å². The number of para-hydroxylation sites is 1. The van der Waals surface area contributed by atoms with Crippen molar-refractivity contribution in [2.24, 2.45) is 0 Å². The molecule has 28 heavy (non-hydrogen) atoms. The van der Waals surface area contributed by atoms with Gasteiger partial charge in [-0.1, -0.05) is 64.1 Å². The highest BCUT2D eigenvalue weighted by Gasteiger charge is 2.45. The van der Waals surface area contributed by atoms with E-state index in [1.54, 1.807) is 0 Å². The number of nitrogens with zero attached hydrogens (tertiary/aromatic N) is 2. The smallest absolute Gasteiger partial charge is 0.0746 e. The molecule has 2 aliphatic carbocycles. The molecule has 2 heterocycles. The predicted molar refractivity (Wildman–Crippen MR) is 115 cm³/mol. The van der Waals surface area contributed by atoms with Crippen LogP contribution in [0, 0.1) is 0 Å². The summed E-state index contributed by atoms with van der Waals surface area (Å²) >= 11 is 0. The number of hydrogen-bond donors (Lipinski definition) is 0. The molecule has 0 fully saturated rings. The molecule has 2 heteroatoms. The average molecular weight is 362 g/mol. The van der Waals surface area contributed by atoms with Gasteiger partial charge >= 0.3 is 0 Å². The summed E-state index contributed by atoms with van der Waals surface area (Å²) in [5.74, 6) is 0. The second-order valence-electron chi connectivity index (χ2n) is 9.14. The highest BCUT2D eigenvalue weighted by atomic mass is 14.8. The molecule has 0 spiro atoms. The van der Waals surface area contributed by atoms with Crippen LogP contribution in [0.3, 0.4) is 0 Å². The van der Waals surface area contributed by atoms with Gasteiger partial charge in [-0.15, -0.1) is 0 Å². The molecule has 2 aromatic heterocycles. The molecule has 6 rings (SSSR count). The molecule has 4 aromatic rings. The first kappa shape index (κ1) is 16.0. The van der Waals surface area contributed by atoms with Gasteiger partial charge in [-0.05, 0) is 40.5 Å². The van der Waals surface area contributed by atoms with Crippen molar-refractivity contribution in [2.45, 2.75) is 38.5 Å². The van der Waals surface area contributed by atoms with Gasteiger partial charge in [-0.3, -0.25) is 9.97 Å². The molecule has 0 N–H and O–H groups in total. The minimum absolute atomic E-state index is 0.0758. The van der Waals surface area contributed by atoms with Crippen LogP contribution in [-0.2, 0) is 10.8 Å². The largest absolute Gasteiger partial charge is 0.256 e. The van der Waals surface area contributed by atoms with E-state index in [-0.39, 0.29) is 10.8 Å². The SMILES string of the molecule is CC1(C)c2ccc3c(c2-c2cc4ccccc4nc21)C(C)(C)c1cccnc1-3. The Bertz CT molecular complexity index is 1310. The molecule has 0 atom stereocenters. The maximum atomic E-state index is 5.13. The number of rotatable bonds is 0. The zero-order valence-corrected chi connectivity index (χ0v) is 16.7. The molecule has 0 amide bonds. The number of hydrogen-bond acceptors (Lipinski definition) is 2. The van der Waals surface area contributed by atoms with E-state index >= 15 is 0 Å². The van der Waals surface area contributed by atoms with Gasteiger partial charge in [-0.2, -0.15) is 0 Å². The van der Waals surface area contributed by atoms with Gasteiger partial charge in [0.2, 0.25) is 0 Å². The Balaban J connectivity index is 1.77. The molecular formula is C26H22N2. The van der Waals surface area contributed by atoms with Gasteiger partial charge in [0.15, 0.2) is 0 Å². The van der Waals surface area contributed by atoms with Crippen LogP contribution >= 0.6 is 0 Å². The van der Waals surface area contributed by atoms with Gasteiger partial charge in [0.25, 0.3) is 0 Å². The third-order valence-electron chi connectivity index (χ3n) is 6.83. The van der Waals surface area contributed by atoms with Crippen molar-refractivity contribution < 1.29 is 0 Å². The summed E-state index contributed by atoms with van der Waals surface area (Å²) in [4.78, 5) is 9.88. The first-order valence-corrected chi connectivity index (χ1v) is 9.95. The van der Waals surface area contributed by atoms with Crippen LogP contribution in [0.2, 0.25) is 0 Å². The lowest BCUT2D eigenvalue weighted by molar-refractivity contribution is 0.634. The van der Waals surface area contributed by atoms with Gasteiger partial charge in [0.05, 0.1) is 16.9 Å². The predicted octanol–water partition coefficient (Wildman–Crippen LogP) is 6.24. The Hall–Kier alpha value is -3.00. The monoisotopic (exact) mass is 362 g/mol. The van der Waals surface area contributed by atoms with Crippen molar-refractivity contribution in [1.82, 2.24) is 9.97 Å². The molecule has 0 bridgehead atoms. The van der Waals surface area contributed by atoms with Crippen molar-refractivity contribution in [2.75, 3.05) is 0 Å². The van der Waals surface area contributed by atoms with Crippen molar-refractivity contribution >= 4 is 10.9 Å². The molecule has 2 aromatic carbocycles. The summed E-state index contributed by atoms with van der Waals surface area (Å²) < 4.78 is 0. The first-order valence-electron chi connectivity index (χ1n) is 9.95. The zero-order valence-electron chi connectivity index (χ0n) is 16.7. The van der Waals surface area contributed by atoms with Crippen molar-refractivity contribution in [3.05, 3.63) is 83.2 Å². The molecule has 0 saturated heterocycles. The third-order valence-corrected chi connectivity index (χ3v) is 6.83. The lowest BCUT2D eigenvalue weighted by Gasteiger charge is -2.25. The summed E-state index contributed by atoms with van der Waals surface area (Å²) in [7, 11) is 0. The second-order valence-corrected chi connectivity index (χ2v) is 9.14. The van der Waals surface area contributed by atoms with Crippen molar-refractivity contribution in [3.63, 3.8) is 0 Å². The summed E-state index contributed by atoms with van der Waals surface area (Å²) in [5, 5.41) is 1.20. The topological polar surface area (TPSA) is 25.8 Å². The van der Waals surface area contributed by atoms with E-state index in [2.05, 4.69) is 82.3 Å². The molecule has 2 aliphatic rings. The minimum atomic E-state index is -0.109. The van der Waals surface area contributed by atoms with Crippen LogP contribution in [0.25, 0.3) is 33.3 Å². The van der Waals surface area contributed by atoms with Crippen LogP contribution in [0.5, 0.6) is 0 Å². The van der Waals surface area contributed by atoms with Crippen molar-refractivity contribution in [1.29, 1.82) is 0 Å². The van der Waals surface area contributed by atoms with Crippen LogP contribution in [-0.4, -0.2) is 9.97 Å². The number of benzene rings is 2. The van der Waals surface area contributed by atoms with E-state index in [0.29, 0.717) is 0 Å². The maximum Gasteiger partial charge on any atom is 0.0746 e. The van der Waals surface area contributed by atoms with E-state index in [4.69, 9.17) is 9.97 Å². The van der Waals surface area contributed by atoms with Crippen LogP contribution in [0.15, 0.2) is 60.8 Å². The molecule has 2 nitrogen and oxygen atoms in total. The number of pyridine rings is 2. The van der Waals surface area contributed by atoms with Crippen LogP contribution in [0.1, 0.15) is 50.1 Å². The molecule has 0 saturated carbocycles. The Morgan fingerprint density at radius 2 is 1.57 bits per heavy atom. The normalized spacial score (nSPS) is 17.1. The summed E-state index contributed by atoms with van der Waals surface area (Å²) in [5.41, 5.74) is 11.2. The first-order chi connectivity index (χ1) is 13.4.